The normalized spacial score (nSPS) is 36.0. The highest BCUT2D eigenvalue weighted by molar-refractivity contribution is 5.73. The Labute approximate surface area is 53.9 Å². The van der Waals surface area contributed by atoms with Crippen LogP contribution in [0.4, 0.5) is 0 Å². The van der Waals surface area contributed by atoms with Crippen molar-refractivity contribution in [2.75, 3.05) is 0 Å². The largest absolute Gasteiger partial charge is 0.480 e. The third kappa shape index (κ3) is 1.90. The molecule has 4 heteroatoms. The molecule has 8 heavy (non-hydrogen) atoms. The van der Waals surface area contributed by atoms with E-state index in [0.29, 0.717) is 0 Å². The minimum Gasteiger partial charge on any atom is -0.480 e. The fourth-order valence-corrected chi connectivity index (χ4v) is 0.101. The molecule has 0 aliphatic heterocycles. The van der Waals surface area contributed by atoms with E-state index >= 15 is 0 Å². The molecule has 0 saturated carbocycles. The summed E-state index contributed by atoms with van der Waals surface area (Å²) in [5, 5.41) is 17.3. The van der Waals surface area contributed by atoms with Crippen LogP contribution in [0.2, 0.25) is 0 Å². The fourth-order valence-electron chi connectivity index (χ4n) is 0.101. The van der Waals surface area contributed by atoms with Crippen LogP contribution in [0.1, 0.15) is 13.7 Å². The van der Waals surface area contributed by atoms with Gasteiger partial charge in [0.15, 0.2) is 0 Å². The topological polar surface area (TPSA) is 83.5 Å². The maximum absolute atomic E-state index is 10.3. The number of aliphatic carboxylic acids is 1. The van der Waals surface area contributed by atoms with Crippen LogP contribution < -0.4 is 5.73 Å². The maximum atomic E-state index is 10.3. The molecular formula is C4H9NO3. The van der Waals surface area contributed by atoms with Crippen molar-refractivity contribution < 1.29 is 21.9 Å². The second-order valence-electron chi connectivity index (χ2n) is 1.07. The van der Waals surface area contributed by atoms with E-state index in [0.717, 1.165) is 0 Å². The summed E-state index contributed by atoms with van der Waals surface area (Å²) in [7, 11) is 0. The van der Waals surface area contributed by atoms with Gasteiger partial charge in [-0.2, -0.15) is 0 Å². The van der Waals surface area contributed by atoms with Crippen molar-refractivity contribution >= 4 is 5.97 Å². The van der Waals surface area contributed by atoms with Crippen LogP contribution in [0.3, 0.4) is 0 Å². The number of carbonyl (C=O) groups is 1. The minimum atomic E-state index is -3.55. The molecular weight excluding hydrogens is 111 g/mol. The zero-order valence-electron chi connectivity index (χ0n) is 8.88. The van der Waals surface area contributed by atoms with E-state index in [2.05, 4.69) is 0 Å². The number of aliphatic hydroxyl groups is 1. The SMILES string of the molecule is [2H]C([2H])([2H])[C@@]([2H])(O)[C@]([2H])([15NH2])C(=O)O. The molecule has 0 fully saturated rings. The lowest BCUT2D eigenvalue weighted by Gasteiger charge is -2.06. The van der Waals surface area contributed by atoms with Crippen LogP contribution in [-0.2, 0) is 4.79 Å². The van der Waals surface area contributed by atoms with Crippen LogP contribution in [0, 0.1) is 0 Å². The molecule has 0 radical (unpaired) electrons. The van der Waals surface area contributed by atoms with Gasteiger partial charge in [0.2, 0.25) is 0 Å². The number of hydrogen-bond acceptors (Lipinski definition) is 3. The lowest BCUT2D eigenvalue weighted by molar-refractivity contribution is -0.140. The molecule has 0 bridgehead atoms. The highest BCUT2D eigenvalue weighted by Gasteiger charge is 2.16. The number of carboxylic acids is 1. The summed E-state index contributed by atoms with van der Waals surface area (Å²) in [6.45, 7) is -3.36. The Morgan fingerprint density at radius 1 is 2.12 bits per heavy atom. The van der Waals surface area contributed by atoms with Crippen molar-refractivity contribution in [3.63, 3.8) is 0 Å². The van der Waals surface area contributed by atoms with E-state index in [1.54, 1.807) is 0 Å². The predicted molar refractivity (Wildman–Crippen MR) is 27.3 cm³/mol. The zero-order chi connectivity index (χ0) is 11.1. The highest BCUT2D eigenvalue weighted by Crippen LogP contribution is 1.85. The first-order chi connectivity index (χ1) is 5.44. The van der Waals surface area contributed by atoms with Crippen molar-refractivity contribution in [3.05, 3.63) is 0 Å². The van der Waals surface area contributed by atoms with Crippen LogP contribution in [-0.4, -0.2) is 28.3 Å². The summed E-state index contributed by atoms with van der Waals surface area (Å²) in [4.78, 5) is 10.3. The minimum absolute atomic E-state index is 2.08. The molecule has 4 N–H and O–H groups in total. The number of carboxylic acid groups (broad SMARTS) is 1. The Balaban J connectivity index is 5.16. The molecule has 2 atom stereocenters. The smallest absolute Gasteiger partial charge is 0.323 e. The lowest BCUT2D eigenvalue weighted by Crippen LogP contribution is -2.39. The fraction of sp³-hybridized carbons (Fsp3) is 0.750. The first-order valence-corrected chi connectivity index (χ1v) is 1.69. The summed E-state index contributed by atoms with van der Waals surface area (Å²) in [5.74, 6) is -2.08. The van der Waals surface area contributed by atoms with Gasteiger partial charge in [-0.25, -0.2) is 0 Å². The van der Waals surface area contributed by atoms with E-state index in [-0.39, 0.29) is 0 Å². The predicted octanol–water partition coefficient (Wildman–Crippen LogP) is -1.22. The van der Waals surface area contributed by atoms with Crippen LogP contribution in [0.15, 0.2) is 0 Å². The van der Waals surface area contributed by atoms with Gasteiger partial charge in [0.1, 0.15) is 6.02 Å². The monoisotopic (exact) mass is 125 g/mol. The van der Waals surface area contributed by atoms with Crippen molar-refractivity contribution in [1.82, 2.24) is 0 Å². The van der Waals surface area contributed by atoms with E-state index in [1.165, 1.54) is 0 Å². The zero-order valence-corrected chi connectivity index (χ0v) is 3.88. The van der Waals surface area contributed by atoms with Crippen LogP contribution >= 0.6 is 0 Å². The molecule has 0 aliphatic carbocycles. The van der Waals surface area contributed by atoms with Gasteiger partial charge in [-0.1, -0.05) is 0 Å². The molecule has 0 aromatic heterocycles. The molecule has 0 heterocycles. The Morgan fingerprint density at radius 2 is 2.62 bits per heavy atom. The van der Waals surface area contributed by atoms with Crippen molar-refractivity contribution in [2.24, 2.45) is 5.73 Å². The Hall–Kier alpha value is -0.610. The highest BCUT2D eigenvalue weighted by atomic mass is 16.4. The van der Waals surface area contributed by atoms with E-state index in [1.807, 2.05) is 0 Å². The summed E-state index contributed by atoms with van der Waals surface area (Å²) in [6, 6.07) is -3.29. The molecule has 0 rings (SSSR count). The first kappa shape index (κ1) is 2.33. The molecule has 0 aromatic rings. The van der Waals surface area contributed by atoms with Gasteiger partial charge >= 0.3 is 5.97 Å². The van der Waals surface area contributed by atoms with Gasteiger partial charge < -0.3 is 15.9 Å². The Morgan fingerprint density at radius 3 is 2.75 bits per heavy atom. The standard InChI is InChI=1S/C4H9NO3/c1-2(6)3(5)4(7)8/h2-3,6H,5H2,1H3,(H,7,8)/t2-,3+/m1/s1/i1D3,2D,3D,5+1. The van der Waals surface area contributed by atoms with Crippen molar-refractivity contribution in [3.8, 4) is 0 Å². The van der Waals surface area contributed by atoms with Gasteiger partial charge in [0, 0.05) is 4.11 Å². The molecule has 0 saturated heterocycles. The summed E-state index contributed by atoms with van der Waals surface area (Å²) >= 11 is 0. The van der Waals surface area contributed by atoms with Crippen LogP contribution in [0.25, 0.3) is 0 Å². The molecule has 0 aromatic carbocycles. The number of nitrogens with two attached hydrogens (primary N) is 1. The lowest BCUT2D eigenvalue weighted by atomic mass is 10.2. The molecule has 0 aliphatic rings. The average molecular weight is 125 g/mol. The van der Waals surface area contributed by atoms with Gasteiger partial charge in [-0.15, -0.1) is 0 Å². The molecule has 4 nitrogen and oxygen atoms in total. The van der Waals surface area contributed by atoms with Gasteiger partial charge in [-0.3, -0.25) is 4.79 Å². The van der Waals surface area contributed by atoms with Gasteiger partial charge in [0.05, 0.1) is 8.82 Å². The summed E-state index contributed by atoms with van der Waals surface area (Å²) < 4.78 is 33.5. The number of rotatable bonds is 2. The van der Waals surface area contributed by atoms with Crippen molar-refractivity contribution in [2.45, 2.75) is 18.9 Å². The second-order valence-corrected chi connectivity index (χ2v) is 1.07. The average Bonchev–Trinajstić information content (AvgIpc) is 1.84. The van der Waals surface area contributed by atoms with E-state index < -0.39 is 24.9 Å². The Kier molecular flexibility index (Phi) is 0.767. The third-order valence-corrected chi connectivity index (χ3v) is 0.486. The van der Waals surface area contributed by atoms with E-state index in [4.69, 9.17) is 22.8 Å². The maximum Gasteiger partial charge on any atom is 0.323 e. The molecule has 48 valence electrons. The first-order valence-electron chi connectivity index (χ1n) is 4.19. The van der Waals surface area contributed by atoms with Crippen molar-refractivity contribution in [1.29, 1.82) is 0 Å². The summed E-state index contributed by atoms with van der Waals surface area (Å²) in [6.07, 6.45) is -3.55. The van der Waals surface area contributed by atoms with Crippen LogP contribution in [0.5, 0.6) is 0 Å². The molecule has 0 amide bonds. The van der Waals surface area contributed by atoms with Gasteiger partial charge in [0.25, 0.3) is 0 Å². The summed E-state index contributed by atoms with van der Waals surface area (Å²) in [5.41, 5.74) is 4.69. The quantitative estimate of drug-likeness (QED) is 0.404. The number of hydrogen-bond donors (Lipinski definition) is 3. The Bertz CT molecular complexity index is 222. The molecule has 0 unspecified atom stereocenters. The van der Waals surface area contributed by atoms with E-state index in [9.17, 15) is 4.79 Å². The van der Waals surface area contributed by atoms with Gasteiger partial charge in [-0.05, 0) is 6.85 Å². The third-order valence-electron chi connectivity index (χ3n) is 0.486. The molecule has 0 spiro atoms. The second kappa shape index (κ2) is 2.64.